The van der Waals surface area contributed by atoms with E-state index in [0.29, 0.717) is 5.56 Å². The van der Waals surface area contributed by atoms with E-state index < -0.39 is 17.1 Å². The molecule has 0 aliphatic heterocycles. The SMILES string of the molecule is CNC(=O)OC(C)c1cc(C)c(C)cc1[N+](=O)[O-]. The van der Waals surface area contributed by atoms with Crippen LogP contribution < -0.4 is 5.32 Å². The summed E-state index contributed by atoms with van der Waals surface area (Å²) in [5.41, 5.74) is 2.11. The average Bonchev–Trinajstić information content (AvgIpc) is 2.31. The summed E-state index contributed by atoms with van der Waals surface area (Å²) in [5.74, 6) is 0. The molecule has 1 aromatic rings. The van der Waals surface area contributed by atoms with E-state index in [1.807, 2.05) is 6.92 Å². The Hall–Kier alpha value is -2.11. The molecular formula is C12H16N2O4. The summed E-state index contributed by atoms with van der Waals surface area (Å²) in [4.78, 5) is 21.7. The maximum atomic E-state index is 11.1. The Kier molecular flexibility index (Phi) is 4.25. The van der Waals surface area contributed by atoms with Crippen molar-refractivity contribution in [3.05, 3.63) is 38.9 Å². The molecule has 6 nitrogen and oxygen atoms in total. The molecular weight excluding hydrogens is 236 g/mol. The number of carbonyl (C=O) groups is 1. The fourth-order valence-corrected chi connectivity index (χ4v) is 1.59. The van der Waals surface area contributed by atoms with Gasteiger partial charge in [0.25, 0.3) is 5.69 Å². The first-order valence-corrected chi connectivity index (χ1v) is 5.50. The third-order valence-electron chi connectivity index (χ3n) is 2.77. The Morgan fingerprint density at radius 2 is 1.94 bits per heavy atom. The van der Waals surface area contributed by atoms with E-state index in [2.05, 4.69) is 5.32 Å². The van der Waals surface area contributed by atoms with Crippen LogP contribution in [0.2, 0.25) is 0 Å². The van der Waals surface area contributed by atoms with Crippen LogP contribution in [0.15, 0.2) is 12.1 Å². The molecule has 0 spiro atoms. The van der Waals surface area contributed by atoms with Gasteiger partial charge in [-0.3, -0.25) is 10.1 Å². The normalized spacial score (nSPS) is 11.8. The number of hydrogen-bond acceptors (Lipinski definition) is 4. The number of benzene rings is 1. The zero-order valence-corrected chi connectivity index (χ0v) is 10.8. The van der Waals surface area contributed by atoms with Gasteiger partial charge in [-0.25, -0.2) is 4.79 Å². The van der Waals surface area contributed by atoms with Crippen molar-refractivity contribution < 1.29 is 14.5 Å². The molecule has 1 N–H and O–H groups in total. The van der Waals surface area contributed by atoms with Crippen LogP contribution in [0.3, 0.4) is 0 Å². The zero-order valence-electron chi connectivity index (χ0n) is 10.8. The minimum atomic E-state index is -0.676. The van der Waals surface area contributed by atoms with Crippen molar-refractivity contribution in [1.82, 2.24) is 5.32 Å². The van der Waals surface area contributed by atoms with Crippen LogP contribution in [0.25, 0.3) is 0 Å². The lowest BCUT2D eigenvalue weighted by Crippen LogP contribution is -2.21. The highest BCUT2D eigenvalue weighted by Crippen LogP contribution is 2.30. The largest absolute Gasteiger partial charge is 0.441 e. The number of rotatable bonds is 3. The molecule has 6 heteroatoms. The molecule has 0 heterocycles. The molecule has 0 aliphatic carbocycles. The highest BCUT2D eigenvalue weighted by molar-refractivity contribution is 5.67. The highest BCUT2D eigenvalue weighted by Gasteiger charge is 2.22. The number of amides is 1. The maximum Gasteiger partial charge on any atom is 0.407 e. The molecule has 18 heavy (non-hydrogen) atoms. The van der Waals surface area contributed by atoms with Crippen LogP contribution >= 0.6 is 0 Å². The smallest absolute Gasteiger partial charge is 0.407 e. The van der Waals surface area contributed by atoms with Crippen molar-refractivity contribution in [2.24, 2.45) is 0 Å². The van der Waals surface area contributed by atoms with Crippen molar-refractivity contribution in [1.29, 1.82) is 0 Å². The molecule has 1 amide bonds. The van der Waals surface area contributed by atoms with E-state index >= 15 is 0 Å². The second-order valence-corrected chi connectivity index (χ2v) is 4.05. The van der Waals surface area contributed by atoms with Crippen molar-refractivity contribution in [3.63, 3.8) is 0 Å². The number of ether oxygens (including phenoxy) is 1. The molecule has 0 saturated heterocycles. The minimum absolute atomic E-state index is 0.0329. The van der Waals surface area contributed by atoms with Gasteiger partial charge in [-0.15, -0.1) is 0 Å². The van der Waals surface area contributed by atoms with E-state index in [-0.39, 0.29) is 5.69 Å². The van der Waals surface area contributed by atoms with E-state index in [9.17, 15) is 14.9 Å². The Morgan fingerprint density at radius 1 is 1.39 bits per heavy atom. The Labute approximate surface area is 105 Å². The van der Waals surface area contributed by atoms with Crippen LogP contribution in [0.5, 0.6) is 0 Å². The fourth-order valence-electron chi connectivity index (χ4n) is 1.59. The summed E-state index contributed by atoms with van der Waals surface area (Å²) in [6.07, 6.45) is -1.29. The quantitative estimate of drug-likeness (QED) is 0.662. The molecule has 0 radical (unpaired) electrons. The molecule has 1 unspecified atom stereocenters. The summed E-state index contributed by atoms with van der Waals surface area (Å²) in [5, 5.41) is 13.3. The van der Waals surface area contributed by atoms with Crippen LogP contribution in [-0.4, -0.2) is 18.1 Å². The summed E-state index contributed by atoms with van der Waals surface area (Å²) in [6.45, 7) is 5.26. The van der Waals surface area contributed by atoms with Gasteiger partial charge < -0.3 is 10.1 Å². The first-order valence-electron chi connectivity index (χ1n) is 5.50. The maximum absolute atomic E-state index is 11.1. The lowest BCUT2D eigenvalue weighted by atomic mass is 10.0. The van der Waals surface area contributed by atoms with Gasteiger partial charge in [0, 0.05) is 13.1 Å². The number of nitrogens with zero attached hydrogens (tertiary/aromatic N) is 1. The standard InChI is InChI=1S/C12H16N2O4/c1-7-5-10(9(3)18-12(15)13-4)11(14(16)17)6-8(7)2/h5-6,9H,1-4H3,(H,13,15). The lowest BCUT2D eigenvalue weighted by molar-refractivity contribution is -0.386. The molecule has 0 aliphatic rings. The Balaban J connectivity index is 3.17. The van der Waals surface area contributed by atoms with Crippen molar-refractivity contribution in [2.45, 2.75) is 26.9 Å². The van der Waals surface area contributed by atoms with Crippen molar-refractivity contribution in [2.75, 3.05) is 7.05 Å². The van der Waals surface area contributed by atoms with E-state index in [1.54, 1.807) is 19.9 Å². The monoisotopic (exact) mass is 252 g/mol. The Bertz CT molecular complexity index is 485. The van der Waals surface area contributed by atoms with Gasteiger partial charge in [0.05, 0.1) is 10.5 Å². The number of hydrogen-bond donors (Lipinski definition) is 1. The minimum Gasteiger partial charge on any atom is -0.441 e. The van der Waals surface area contributed by atoms with Crippen LogP contribution in [0.1, 0.15) is 29.7 Å². The number of nitro groups is 1. The third-order valence-corrected chi connectivity index (χ3v) is 2.77. The van der Waals surface area contributed by atoms with E-state index in [1.165, 1.54) is 13.1 Å². The number of nitro benzene ring substituents is 1. The van der Waals surface area contributed by atoms with Gasteiger partial charge >= 0.3 is 6.09 Å². The number of alkyl carbamates (subject to hydrolysis) is 1. The summed E-state index contributed by atoms with van der Waals surface area (Å²) in [7, 11) is 1.43. The molecule has 0 fully saturated rings. The predicted octanol–water partition coefficient (Wildman–Crippen LogP) is 2.63. The van der Waals surface area contributed by atoms with Gasteiger partial charge in [-0.05, 0) is 38.0 Å². The average molecular weight is 252 g/mol. The second-order valence-electron chi connectivity index (χ2n) is 4.05. The van der Waals surface area contributed by atoms with Crippen LogP contribution in [-0.2, 0) is 4.74 Å². The van der Waals surface area contributed by atoms with Gasteiger partial charge in [0.15, 0.2) is 0 Å². The third kappa shape index (κ3) is 2.97. The Morgan fingerprint density at radius 3 is 2.44 bits per heavy atom. The molecule has 98 valence electrons. The van der Waals surface area contributed by atoms with Crippen LogP contribution in [0.4, 0.5) is 10.5 Å². The van der Waals surface area contributed by atoms with Crippen molar-refractivity contribution in [3.8, 4) is 0 Å². The van der Waals surface area contributed by atoms with Gasteiger partial charge in [-0.2, -0.15) is 0 Å². The first kappa shape index (κ1) is 14.0. The van der Waals surface area contributed by atoms with E-state index in [4.69, 9.17) is 4.74 Å². The van der Waals surface area contributed by atoms with Gasteiger partial charge in [0.2, 0.25) is 0 Å². The van der Waals surface area contributed by atoms with E-state index in [0.717, 1.165) is 11.1 Å². The summed E-state index contributed by atoms with van der Waals surface area (Å²) >= 11 is 0. The summed E-state index contributed by atoms with van der Waals surface area (Å²) < 4.78 is 5.02. The number of nitrogens with one attached hydrogen (secondary N) is 1. The molecule has 1 aromatic carbocycles. The first-order chi connectivity index (χ1) is 8.36. The zero-order chi connectivity index (χ0) is 13.9. The molecule has 1 atom stereocenters. The van der Waals surface area contributed by atoms with Gasteiger partial charge in [0.1, 0.15) is 6.10 Å². The fraction of sp³-hybridized carbons (Fsp3) is 0.417. The number of aryl methyl sites for hydroxylation is 2. The molecule has 0 saturated carbocycles. The highest BCUT2D eigenvalue weighted by atomic mass is 16.6. The predicted molar refractivity (Wildman–Crippen MR) is 66.5 cm³/mol. The molecule has 1 rings (SSSR count). The lowest BCUT2D eigenvalue weighted by Gasteiger charge is -2.14. The number of carbonyl (C=O) groups excluding carboxylic acids is 1. The van der Waals surface area contributed by atoms with Gasteiger partial charge in [-0.1, -0.05) is 0 Å². The second kappa shape index (κ2) is 5.48. The van der Waals surface area contributed by atoms with Crippen molar-refractivity contribution >= 4 is 11.8 Å². The summed E-state index contributed by atoms with van der Waals surface area (Å²) in [6, 6.07) is 3.18. The molecule has 0 bridgehead atoms. The molecule has 0 aromatic heterocycles. The van der Waals surface area contributed by atoms with Crippen LogP contribution in [0, 0.1) is 24.0 Å². The topological polar surface area (TPSA) is 81.5 Å².